The normalized spacial score (nSPS) is 35.2. The van der Waals surface area contributed by atoms with Gasteiger partial charge in [-0.15, -0.1) is 0 Å². The number of ether oxygens (including phenoxy) is 1. The molecule has 2 aliphatic rings. The molecular weight excluding hydrogens is 192 g/mol. The summed E-state index contributed by atoms with van der Waals surface area (Å²) in [5, 5.41) is 9.74. The molecule has 0 bridgehead atoms. The van der Waals surface area contributed by atoms with Gasteiger partial charge in [0.05, 0.1) is 25.4 Å². The molecule has 0 aromatic heterocycles. The molecule has 88 valence electrons. The average molecular weight is 214 g/mol. The smallest absolute Gasteiger partial charge is 0.0950 e. The van der Waals surface area contributed by atoms with E-state index in [1.54, 1.807) is 0 Å². The first-order valence-electron chi connectivity index (χ1n) is 5.92. The largest absolute Gasteiger partial charge is 0.389 e. The van der Waals surface area contributed by atoms with Crippen molar-refractivity contribution >= 4 is 0 Å². The van der Waals surface area contributed by atoms with E-state index in [1.807, 2.05) is 0 Å². The Hall–Kier alpha value is -0.160. The Kier molecular flexibility index (Phi) is 3.61. The Bertz CT molecular complexity index is 203. The molecule has 0 aromatic carbocycles. The summed E-state index contributed by atoms with van der Waals surface area (Å²) in [5.41, 5.74) is 0. The van der Waals surface area contributed by atoms with Gasteiger partial charge in [0.15, 0.2) is 0 Å². The Morgan fingerprint density at radius 3 is 2.27 bits per heavy atom. The summed E-state index contributed by atoms with van der Waals surface area (Å²) in [5.74, 6) is 0. The van der Waals surface area contributed by atoms with Gasteiger partial charge in [0.1, 0.15) is 0 Å². The predicted octanol–water partition coefficient (Wildman–Crippen LogP) is -0.228. The molecule has 4 heteroatoms. The molecule has 0 radical (unpaired) electrons. The molecule has 15 heavy (non-hydrogen) atoms. The number of aliphatic hydroxyl groups excluding tert-OH is 1. The zero-order valence-corrected chi connectivity index (χ0v) is 9.72. The van der Waals surface area contributed by atoms with Crippen LogP contribution in [0.4, 0.5) is 0 Å². The van der Waals surface area contributed by atoms with E-state index < -0.39 is 0 Å². The highest BCUT2D eigenvalue weighted by Gasteiger charge is 2.33. The topological polar surface area (TPSA) is 35.9 Å². The van der Waals surface area contributed by atoms with E-state index in [1.165, 1.54) is 0 Å². The van der Waals surface area contributed by atoms with Crippen LogP contribution < -0.4 is 0 Å². The fraction of sp³-hybridized carbons (Fsp3) is 1.00. The highest BCUT2D eigenvalue weighted by atomic mass is 16.5. The van der Waals surface area contributed by atoms with Crippen molar-refractivity contribution in [2.45, 2.75) is 32.0 Å². The zero-order valence-electron chi connectivity index (χ0n) is 9.72. The molecule has 0 amide bonds. The lowest BCUT2D eigenvalue weighted by Crippen LogP contribution is -2.54. The Morgan fingerprint density at radius 1 is 1.13 bits per heavy atom. The summed E-state index contributed by atoms with van der Waals surface area (Å²) in [4.78, 5) is 4.86. The molecule has 2 unspecified atom stereocenters. The molecule has 0 spiro atoms. The summed E-state index contributed by atoms with van der Waals surface area (Å²) in [6.07, 6.45) is -0.282. The fourth-order valence-corrected chi connectivity index (χ4v) is 2.47. The maximum Gasteiger partial charge on any atom is 0.0950 e. The molecule has 2 fully saturated rings. The van der Waals surface area contributed by atoms with Crippen LogP contribution in [0.15, 0.2) is 0 Å². The third-order valence-electron chi connectivity index (χ3n) is 3.57. The van der Waals surface area contributed by atoms with Crippen molar-refractivity contribution in [3.63, 3.8) is 0 Å². The van der Waals surface area contributed by atoms with Crippen molar-refractivity contribution in [3.05, 3.63) is 0 Å². The Labute approximate surface area is 91.8 Å². The van der Waals surface area contributed by atoms with Crippen molar-refractivity contribution in [2.24, 2.45) is 0 Å². The Morgan fingerprint density at radius 2 is 1.80 bits per heavy atom. The van der Waals surface area contributed by atoms with Crippen molar-refractivity contribution in [1.29, 1.82) is 0 Å². The van der Waals surface area contributed by atoms with Crippen LogP contribution >= 0.6 is 0 Å². The quantitative estimate of drug-likeness (QED) is 0.689. The van der Waals surface area contributed by atoms with Gasteiger partial charge in [-0.1, -0.05) is 0 Å². The van der Waals surface area contributed by atoms with Crippen LogP contribution in [-0.4, -0.2) is 72.5 Å². The maximum absolute atomic E-state index is 9.74. The van der Waals surface area contributed by atoms with Crippen LogP contribution in [0, 0.1) is 0 Å². The number of piperazine rings is 1. The number of nitrogens with zero attached hydrogens (tertiary/aromatic N) is 2. The van der Waals surface area contributed by atoms with Gasteiger partial charge in [-0.3, -0.25) is 9.80 Å². The highest BCUT2D eigenvalue weighted by molar-refractivity contribution is 4.87. The lowest BCUT2D eigenvalue weighted by molar-refractivity contribution is 0.0357. The van der Waals surface area contributed by atoms with Crippen molar-refractivity contribution < 1.29 is 9.84 Å². The number of hydrogen-bond donors (Lipinski definition) is 1. The predicted molar refractivity (Wildman–Crippen MR) is 58.9 cm³/mol. The van der Waals surface area contributed by atoms with Gasteiger partial charge in [0.25, 0.3) is 0 Å². The molecule has 0 saturated carbocycles. The van der Waals surface area contributed by atoms with Crippen LogP contribution in [-0.2, 0) is 4.74 Å². The lowest BCUT2D eigenvalue weighted by atomic mass is 10.1. The minimum Gasteiger partial charge on any atom is -0.389 e. The van der Waals surface area contributed by atoms with Gasteiger partial charge < -0.3 is 9.84 Å². The minimum absolute atomic E-state index is 0.235. The summed E-state index contributed by atoms with van der Waals surface area (Å²) in [6.45, 7) is 10.0. The second kappa shape index (κ2) is 4.78. The molecule has 2 rings (SSSR count). The third kappa shape index (κ3) is 2.50. The minimum atomic E-state index is -0.282. The first kappa shape index (κ1) is 11.3. The first-order chi connectivity index (χ1) is 7.18. The number of aliphatic hydroxyl groups is 1. The second-order valence-electron chi connectivity index (χ2n) is 4.84. The molecule has 2 saturated heterocycles. The van der Waals surface area contributed by atoms with E-state index >= 15 is 0 Å². The van der Waals surface area contributed by atoms with Crippen molar-refractivity contribution in [3.8, 4) is 0 Å². The van der Waals surface area contributed by atoms with Crippen LogP contribution in [0.5, 0.6) is 0 Å². The molecule has 2 heterocycles. The molecule has 4 nitrogen and oxygen atoms in total. The van der Waals surface area contributed by atoms with Crippen molar-refractivity contribution in [2.75, 3.05) is 39.4 Å². The standard InChI is InChI=1S/C11H22N2O2/c1-9(2)12-3-5-13(6-4-12)10-7-15-8-11(10)14/h9-11,14H,3-8H2,1-2H3. The van der Waals surface area contributed by atoms with Crippen LogP contribution in [0.1, 0.15) is 13.8 Å². The van der Waals surface area contributed by atoms with Gasteiger partial charge in [-0.05, 0) is 13.8 Å². The van der Waals surface area contributed by atoms with Crippen LogP contribution in [0.2, 0.25) is 0 Å². The van der Waals surface area contributed by atoms with Gasteiger partial charge >= 0.3 is 0 Å². The highest BCUT2D eigenvalue weighted by Crippen LogP contribution is 2.16. The molecule has 2 aliphatic heterocycles. The van der Waals surface area contributed by atoms with E-state index in [2.05, 4.69) is 23.6 Å². The molecular formula is C11H22N2O2. The van der Waals surface area contributed by atoms with E-state index in [-0.39, 0.29) is 12.1 Å². The Balaban J connectivity index is 1.82. The monoisotopic (exact) mass is 214 g/mol. The van der Waals surface area contributed by atoms with E-state index in [0.717, 1.165) is 26.2 Å². The molecule has 2 atom stereocenters. The van der Waals surface area contributed by atoms with Gasteiger partial charge in [-0.25, -0.2) is 0 Å². The van der Waals surface area contributed by atoms with Gasteiger partial charge in [-0.2, -0.15) is 0 Å². The van der Waals surface area contributed by atoms with Crippen molar-refractivity contribution in [1.82, 2.24) is 9.80 Å². The van der Waals surface area contributed by atoms with Gasteiger partial charge in [0, 0.05) is 32.2 Å². The lowest BCUT2D eigenvalue weighted by Gasteiger charge is -2.40. The first-order valence-corrected chi connectivity index (χ1v) is 5.92. The molecule has 1 N–H and O–H groups in total. The molecule has 0 aromatic rings. The number of hydrogen-bond acceptors (Lipinski definition) is 4. The number of rotatable bonds is 2. The summed E-state index contributed by atoms with van der Waals surface area (Å²) < 4.78 is 5.29. The van der Waals surface area contributed by atoms with E-state index in [0.29, 0.717) is 19.3 Å². The average Bonchev–Trinajstić information content (AvgIpc) is 2.65. The van der Waals surface area contributed by atoms with E-state index in [9.17, 15) is 5.11 Å². The zero-order chi connectivity index (χ0) is 10.8. The summed E-state index contributed by atoms with van der Waals surface area (Å²) in [6, 6.07) is 0.871. The van der Waals surface area contributed by atoms with Crippen LogP contribution in [0.25, 0.3) is 0 Å². The summed E-state index contributed by atoms with van der Waals surface area (Å²) in [7, 11) is 0. The molecule has 0 aliphatic carbocycles. The SMILES string of the molecule is CC(C)N1CCN(C2COCC2O)CC1. The maximum atomic E-state index is 9.74. The van der Waals surface area contributed by atoms with E-state index in [4.69, 9.17) is 4.74 Å². The second-order valence-corrected chi connectivity index (χ2v) is 4.84. The van der Waals surface area contributed by atoms with Gasteiger partial charge in [0.2, 0.25) is 0 Å². The van der Waals surface area contributed by atoms with Crippen LogP contribution in [0.3, 0.4) is 0 Å². The fourth-order valence-electron chi connectivity index (χ4n) is 2.47. The third-order valence-corrected chi connectivity index (χ3v) is 3.57. The summed E-state index contributed by atoms with van der Waals surface area (Å²) >= 11 is 0.